The molecule has 1 heterocycles. The maximum atomic E-state index is 11.7. The lowest BCUT2D eigenvalue weighted by Gasteiger charge is -2.36. The van der Waals surface area contributed by atoms with Gasteiger partial charge in [-0.2, -0.15) is 0 Å². The van der Waals surface area contributed by atoms with E-state index in [1.165, 1.54) is 18.5 Å². The molecule has 1 aliphatic rings. The summed E-state index contributed by atoms with van der Waals surface area (Å²) in [6, 6.07) is 9.00. The van der Waals surface area contributed by atoms with Crippen LogP contribution in [0.3, 0.4) is 0 Å². The summed E-state index contributed by atoms with van der Waals surface area (Å²) < 4.78 is 5.25. The second kappa shape index (κ2) is 7.88. The van der Waals surface area contributed by atoms with Crippen molar-refractivity contribution in [3.05, 3.63) is 29.8 Å². The smallest absolute Gasteiger partial charge is 0.407 e. The van der Waals surface area contributed by atoms with Gasteiger partial charge in [0.05, 0.1) is 0 Å². The van der Waals surface area contributed by atoms with Gasteiger partial charge in [0.1, 0.15) is 5.60 Å². The summed E-state index contributed by atoms with van der Waals surface area (Å²) in [4.78, 5) is 16.5. The lowest BCUT2D eigenvalue weighted by atomic mass is 10.0. The maximum absolute atomic E-state index is 11.7. The van der Waals surface area contributed by atoms with Gasteiger partial charge < -0.3 is 19.9 Å². The number of carbonyl (C=O) groups excluding carboxylic acids is 1. The molecule has 0 unspecified atom stereocenters. The van der Waals surface area contributed by atoms with E-state index in [9.17, 15) is 4.79 Å². The van der Waals surface area contributed by atoms with Crippen molar-refractivity contribution in [1.29, 1.82) is 0 Å². The van der Waals surface area contributed by atoms with E-state index in [0.29, 0.717) is 12.6 Å². The maximum Gasteiger partial charge on any atom is 0.407 e. The molecule has 5 heteroatoms. The highest BCUT2D eigenvalue weighted by Crippen LogP contribution is 2.22. The summed E-state index contributed by atoms with van der Waals surface area (Å²) in [5, 5.41) is 2.79. The van der Waals surface area contributed by atoms with Crippen LogP contribution in [0.5, 0.6) is 0 Å². The number of amides is 1. The zero-order valence-electron chi connectivity index (χ0n) is 15.6. The lowest BCUT2D eigenvalue weighted by Crippen LogP contribution is -2.41. The zero-order valence-corrected chi connectivity index (χ0v) is 15.6. The van der Waals surface area contributed by atoms with Crippen LogP contribution in [-0.2, 0) is 11.3 Å². The summed E-state index contributed by atoms with van der Waals surface area (Å²) in [6.45, 7) is 8.38. The molecule has 0 radical (unpaired) electrons. The largest absolute Gasteiger partial charge is 0.444 e. The third-order valence-electron chi connectivity index (χ3n) is 4.42. The Morgan fingerprint density at radius 3 is 2.38 bits per heavy atom. The number of anilines is 1. The molecule has 1 aliphatic heterocycles. The fourth-order valence-electron chi connectivity index (χ4n) is 2.93. The molecule has 24 heavy (non-hydrogen) atoms. The predicted octanol–water partition coefficient (Wildman–Crippen LogP) is 3.24. The van der Waals surface area contributed by atoms with Crippen molar-refractivity contribution in [2.24, 2.45) is 0 Å². The number of nitrogens with zero attached hydrogens (tertiary/aromatic N) is 2. The van der Waals surface area contributed by atoms with Crippen LogP contribution in [0.1, 0.15) is 39.2 Å². The molecule has 0 spiro atoms. The van der Waals surface area contributed by atoms with Crippen LogP contribution < -0.4 is 10.2 Å². The quantitative estimate of drug-likeness (QED) is 0.919. The van der Waals surface area contributed by atoms with Crippen LogP contribution in [0.15, 0.2) is 24.3 Å². The van der Waals surface area contributed by atoms with Crippen molar-refractivity contribution < 1.29 is 9.53 Å². The molecule has 0 bridgehead atoms. The number of nitrogens with one attached hydrogen (secondary N) is 1. The first-order valence-corrected chi connectivity index (χ1v) is 8.72. The third-order valence-corrected chi connectivity index (χ3v) is 4.42. The van der Waals surface area contributed by atoms with Crippen LogP contribution in [0, 0.1) is 0 Å². The summed E-state index contributed by atoms with van der Waals surface area (Å²) in [5.74, 6) is 0. The number of benzene rings is 1. The first-order valence-electron chi connectivity index (χ1n) is 8.72. The molecule has 1 amide bonds. The van der Waals surface area contributed by atoms with E-state index in [1.807, 2.05) is 20.8 Å². The average molecular weight is 333 g/mol. The number of hydrogen-bond acceptors (Lipinski definition) is 4. The molecule has 134 valence electrons. The van der Waals surface area contributed by atoms with E-state index in [4.69, 9.17) is 4.74 Å². The molecule has 0 aliphatic carbocycles. The van der Waals surface area contributed by atoms with Crippen LogP contribution >= 0.6 is 0 Å². The van der Waals surface area contributed by atoms with Crippen LogP contribution in [0.25, 0.3) is 0 Å². The Kier molecular flexibility index (Phi) is 6.10. The van der Waals surface area contributed by atoms with Crippen molar-refractivity contribution >= 4 is 11.8 Å². The molecule has 0 saturated carbocycles. The fourth-order valence-corrected chi connectivity index (χ4v) is 2.93. The first kappa shape index (κ1) is 18.6. The van der Waals surface area contributed by atoms with E-state index < -0.39 is 5.60 Å². The number of piperidine rings is 1. The Hall–Kier alpha value is -1.75. The van der Waals surface area contributed by atoms with Gasteiger partial charge in [-0.1, -0.05) is 12.1 Å². The predicted molar refractivity (Wildman–Crippen MR) is 98.4 cm³/mol. The van der Waals surface area contributed by atoms with Gasteiger partial charge in [0.15, 0.2) is 0 Å². The summed E-state index contributed by atoms with van der Waals surface area (Å²) >= 11 is 0. The molecule has 1 aromatic rings. The SMILES string of the molecule is CN1CCC(N(C)c2ccc(CNC(=O)OC(C)(C)C)cc2)CC1. The summed E-state index contributed by atoms with van der Waals surface area (Å²) in [6.07, 6.45) is 2.03. The molecule has 5 nitrogen and oxygen atoms in total. The number of alkyl carbamates (subject to hydrolysis) is 1. The van der Waals surface area contributed by atoms with Gasteiger partial charge in [-0.3, -0.25) is 0 Å². The molecule has 1 saturated heterocycles. The van der Waals surface area contributed by atoms with Crippen molar-refractivity contribution in [3.8, 4) is 0 Å². The minimum atomic E-state index is -0.468. The van der Waals surface area contributed by atoms with Crippen LogP contribution in [-0.4, -0.2) is 49.8 Å². The molecule has 2 rings (SSSR count). The highest BCUT2D eigenvalue weighted by atomic mass is 16.6. The molecular formula is C19H31N3O2. The van der Waals surface area contributed by atoms with Crippen molar-refractivity contribution in [3.63, 3.8) is 0 Å². The number of ether oxygens (including phenoxy) is 1. The molecule has 1 N–H and O–H groups in total. The van der Waals surface area contributed by atoms with Gasteiger partial charge in [0, 0.05) is 25.3 Å². The second-order valence-electron chi connectivity index (χ2n) is 7.67. The lowest BCUT2D eigenvalue weighted by molar-refractivity contribution is 0.0523. The van der Waals surface area contributed by atoms with E-state index in [2.05, 4.69) is 53.5 Å². The van der Waals surface area contributed by atoms with Gasteiger partial charge in [-0.15, -0.1) is 0 Å². The van der Waals surface area contributed by atoms with Crippen molar-refractivity contribution in [1.82, 2.24) is 10.2 Å². The average Bonchev–Trinajstić information content (AvgIpc) is 2.52. The number of likely N-dealkylation sites (tertiary alicyclic amines) is 1. The minimum absolute atomic E-state index is 0.380. The van der Waals surface area contributed by atoms with Gasteiger partial charge in [0.25, 0.3) is 0 Å². The zero-order chi connectivity index (χ0) is 17.7. The topological polar surface area (TPSA) is 44.8 Å². The third kappa shape index (κ3) is 5.71. The molecule has 1 fully saturated rings. The Bertz CT molecular complexity index is 529. The van der Waals surface area contributed by atoms with Crippen LogP contribution in [0.2, 0.25) is 0 Å². The monoisotopic (exact) mass is 333 g/mol. The van der Waals surface area contributed by atoms with Crippen molar-refractivity contribution in [2.45, 2.75) is 51.8 Å². The van der Waals surface area contributed by atoms with Gasteiger partial charge >= 0.3 is 6.09 Å². The van der Waals surface area contributed by atoms with Gasteiger partial charge in [-0.25, -0.2) is 4.79 Å². The normalized spacial score (nSPS) is 16.7. The fraction of sp³-hybridized carbons (Fsp3) is 0.632. The van der Waals surface area contributed by atoms with E-state index in [-0.39, 0.29) is 6.09 Å². The molecule has 1 aromatic carbocycles. The van der Waals surface area contributed by atoms with Gasteiger partial charge in [-0.05, 0) is 71.4 Å². The van der Waals surface area contributed by atoms with Crippen LogP contribution in [0.4, 0.5) is 10.5 Å². The van der Waals surface area contributed by atoms with Gasteiger partial charge in [0.2, 0.25) is 0 Å². The number of carbonyl (C=O) groups is 1. The number of hydrogen-bond donors (Lipinski definition) is 1. The van der Waals surface area contributed by atoms with Crippen molar-refractivity contribution in [2.75, 3.05) is 32.1 Å². The second-order valence-corrected chi connectivity index (χ2v) is 7.67. The number of rotatable bonds is 4. The minimum Gasteiger partial charge on any atom is -0.444 e. The van der Waals surface area contributed by atoms with E-state index in [0.717, 1.165) is 18.7 Å². The molecule has 0 aromatic heterocycles. The first-order chi connectivity index (χ1) is 11.2. The molecule has 0 atom stereocenters. The van der Waals surface area contributed by atoms with E-state index >= 15 is 0 Å². The Labute approximate surface area is 146 Å². The summed E-state index contributed by atoms with van der Waals surface area (Å²) in [7, 11) is 4.35. The Morgan fingerprint density at radius 1 is 1.25 bits per heavy atom. The van der Waals surface area contributed by atoms with E-state index in [1.54, 1.807) is 0 Å². The Balaban J connectivity index is 1.85. The highest BCUT2D eigenvalue weighted by Gasteiger charge is 2.20. The Morgan fingerprint density at radius 2 is 1.83 bits per heavy atom. The molecular weight excluding hydrogens is 302 g/mol. The summed E-state index contributed by atoms with van der Waals surface area (Å²) in [5.41, 5.74) is 1.83. The standard InChI is InChI=1S/C19H31N3O2/c1-19(2,3)24-18(23)20-14-15-6-8-16(9-7-15)22(5)17-10-12-21(4)13-11-17/h6-9,17H,10-14H2,1-5H3,(H,20,23). The highest BCUT2D eigenvalue weighted by molar-refractivity contribution is 5.67.